The number of nitrogens with one attached hydrogen (secondary N) is 2. The summed E-state index contributed by atoms with van der Waals surface area (Å²) in [6.07, 6.45) is 3.27. The summed E-state index contributed by atoms with van der Waals surface area (Å²) in [6, 6.07) is 21.8. The van der Waals surface area contributed by atoms with Gasteiger partial charge in [0.25, 0.3) is 5.91 Å². The number of carbonyl (C=O) groups excluding carboxylic acids is 1. The van der Waals surface area contributed by atoms with Gasteiger partial charge in [0.2, 0.25) is 0 Å². The summed E-state index contributed by atoms with van der Waals surface area (Å²) in [7, 11) is 0. The van der Waals surface area contributed by atoms with E-state index in [1.165, 1.54) is 0 Å². The lowest BCUT2D eigenvalue weighted by molar-refractivity contribution is 0.0648. The van der Waals surface area contributed by atoms with Crippen molar-refractivity contribution in [2.24, 2.45) is 5.73 Å². The van der Waals surface area contributed by atoms with Crippen LogP contribution in [0.2, 0.25) is 0 Å². The summed E-state index contributed by atoms with van der Waals surface area (Å²) in [6.45, 7) is 1.08. The van der Waals surface area contributed by atoms with E-state index in [9.17, 15) is 4.79 Å². The Morgan fingerprint density at radius 1 is 1.03 bits per heavy atom. The predicted octanol–water partition coefficient (Wildman–Crippen LogP) is 3.98. The zero-order chi connectivity index (χ0) is 24.6. The summed E-state index contributed by atoms with van der Waals surface area (Å²) in [4.78, 5) is 23.9. The fourth-order valence-electron chi connectivity index (χ4n) is 5.04. The largest absolute Gasteiger partial charge is 0.382 e. The molecule has 180 valence electrons. The summed E-state index contributed by atoms with van der Waals surface area (Å²) < 4.78 is 0. The van der Waals surface area contributed by atoms with Gasteiger partial charge in [-0.25, -0.2) is 4.98 Å². The maximum atomic E-state index is 13.7. The van der Waals surface area contributed by atoms with Crippen molar-refractivity contribution in [3.8, 4) is 11.3 Å². The highest BCUT2D eigenvalue weighted by Crippen LogP contribution is 2.32. The van der Waals surface area contributed by atoms with Crippen LogP contribution in [0.5, 0.6) is 0 Å². The Kier molecular flexibility index (Phi) is 5.50. The molecule has 0 fully saturated rings. The van der Waals surface area contributed by atoms with Gasteiger partial charge in [0, 0.05) is 36.0 Å². The second kappa shape index (κ2) is 8.98. The maximum Gasteiger partial charge on any atom is 0.254 e. The Balaban J connectivity index is 1.36. The van der Waals surface area contributed by atoms with Crippen LogP contribution in [-0.4, -0.2) is 37.5 Å². The molecule has 6 rings (SSSR count). The molecule has 0 saturated heterocycles. The molecule has 1 amide bonds. The van der Waals surface area contributed by atoms with Gasteiger partial charge in [-0.2, -0.15) is 5.10 Å². The number of benzene rings is 3. The van der Waals surface area contributed by atoms with Crippen LogP contribution >= 0.6 is 0 Å². The molecule has 0 unspecified atom stereocenters. The highest BCUT2D eigenvalue weighted by Gasteiger charge is 2.32. The van der Waals surface area contributed by atoms with Crippen molar-refractivity contribution < 1.29 is 4.79 Å². The van der Waals surface area contributed by atoms with E-state index in [1.54, 1.807) is 0 Å². The van der Waals surface area contributed by atoms with Gasteiger partial charge >= 0.3 is 0 Å². The van der Waals surface area contributed by atoms with E-state index in [0.29, 0.717) is 25.3 Å². The fraction of sp³-hybridized carbons (Fsp3) is 0.179. The molecule has 0 aliphatic carbocycles. The number of nitrogens with two attached hydrogens (primary N) is 2. The van der Waals surface area contributed by atoms with Gasteiger partial charge in [-0.05, 0) is 41.3 Å². The van der Waals surface area contributed by atoms with Gasteiger partial charge < -0.3 is 21.4 Å². The molecule has 2 aromatic heterocycles. The molecule has 6 N–H and O–H groups in total. The zero-order valence-corrected chi connectivity index (χ0v) is 19.7. The quantitative estimate of drug-likeness (QED) is 0.294. The van der Waals surface area contributed by atoms with Gasteiger partial charge in [-0.1, -0.05) is 48.5 Å². The van der Waals surface area contributed by atoms with Gasteiger partial charge in [-0.15, -0.1) is 0 Å². The standard InChI is InChI=1S/C28H27N7O/c29-15-18-6-8-21-19(12-18)10-11-35(28(21)36)25(13-17-4-2-1-3-5-17)27-31-16-24(32-27)20-7-9-22-23(14-20)33-34-26(22)30/h1-9,12,14,16,25H,10-11,13,15,29H2,(H,31,32)(H3,30,33,34)/t25-/m0/s1. The van der Waals surface area contributed by atoms with Crippen molar-refractivity contribution in [2.75, 3.05) is 12.3 Å². The smallest absolute Gasteiger partial charge is 0.254 e. The number of rotatable bonds is 6. The zero-order valence-electron chi connectivity index (χ0n) is 19.7. The van der Waals surface area contributed by atoms with Crippen molar-refractivity contribution in [1.82, 2.24) is 25.1 Å². The number of nitrogen functional groups attached to an aromatic ring is 1. The van der Waals surface area contributed by atoms with E-state index in [4.69, 9.17) is 16.5 Å². The average molecular weight is 478 g/mol. The number of imidazole rings is 1. The van der Waals surface area contributed by atoms with Gasteiger partial charge in [0.15, 0.2) is 5.82 Å². The molecule has 8 heteroatoms. The molecule has 1 aliphatic rings. The monoisotopic (exact) mass is 477 g/mol. The number of fused-ring (bicyclic) bond motifs is 2. The van der Waals surface area contributed by atoms with Crippen molar-refractivity contribution in [2.45, 2.75) is 25.4 Å². The van der Waals surface area contributed by atoms with Crippen LogP contribution in [0.1, 0.15) is 38.9 Å². The minimum atomic E-state index is -0.234. The number of aromatic nitrogens is 4. The minimum Gasteiger partial charge on any atom is -0.382 e. The minimum absolute atomic E-state index is 0.0213. The lowest BCUT2D eigenvalue weighted by atomic mass is 9.94. The molecule has 5 aromatic rings. The lowest BCUT2D eigenvalue weighted by Crippen LogP contribution is -2.41. The Morgan fingerprint density at radius 2 is 1.89 bits per heavy atom. The summed E-state index contributed by atoms with van der Waals surface area (Å²) in [5.74, 6) is 1.26. The maximum absolute atomic E-state index is 13.7. The number of nitrogens with zero attached hydrogens (tertiary/aromatic N) is 3. The second-order valence-electron chi connectivity index (χ2n) is 9.20. The normalized spacial score (nSPS) is 14.2. The summed E-state index contributed by atoms with van der Waals surface area (Å²) in [5.41, 5.74) is 18.4. The van der Waals surface area contributed by atoms with E-state index in [2.05, 4.69) is 33.4 Å². The first-order valence-corrected chi connectivity index (χ1v) is 12.1. The van der Waals surface area contributed by atoms with Crippen molar-refractivity contribution in [1.29, 1.82) is 0 Å². The summed E-state index contributed by atoms with van der Waals surface area (Å²) >= 11 is 0. The Hall–Kier alpha value is -4.43. The predicted molar refractivity (Wildman–Crippen MR) is 140 cm³/mol. The van der Waals surface area contributed by atoms with Crippen LogP contribution in [0, 0.1) is 0 Å². The van der Waals surface area contributed by atoms with Gasteiger partial charge in [0.1, 0.15) is 5.82 Å². The van der Waals surface area contributed by atoms with Gasteiger partial charge in [-0.3, -0.25) is 9.89 Å². The third-order valence-corrected chi connectivity index (χ3v) is 6.98. The highest BCUT2D eigenvalue weighted by atomic mass is 16.2. The number of aromatic amines is 2. The number of H-pyrrole nitrogens is 2. The van der Waals surface area contributed by atoms with Crippen LogP contribution in [0.3, 0.4) is 0 Å². The van der Waals surface area contributed by atoms with Crippen molar-refractivity contribution in [3.05, 3.63) is 101 Å². The molecule has 1 atom stereocenters. The molecule has 8 nitrogen and oxygen atoms in total. The first-order valence-electron chi connectivity index (χ1n) is 12.1. The van der Waals surface area contributed by atoms with E-state index in [1.807, 2.05) is 59.6 Å². The fourth-order valence-corrected chi connectivity index (χ4v) is 5.04. The Labute approximate surface area is 208 Å². The SMILES string of the molecule is NCc1ccc2c(c1)CCN([C@@H](Cc1ccccc1)c1ncc(-c3ccc4c(N)n[nH]c4c3)[nH]1)C2=O. The number of carbonyl (C=O) groups is 1. The van der Waals surface area contributed by atoms with E-state index >= 15 is 0 Å². The third kappa shape index (κ3) is 3.91. The van der Waals surface area contributed by atoms with Crippen molar-refractivity contribution >= 4 is 22.6 Å². The Morgan fingerprint density at radius 3 is 2.72 bits per heavy atom. The molecule has 0 bridgehead atoms. The number of anilines is 1. The van der Waals surface area contributed by atoms with Crippen LogP contribution in [-0.2, 0) is 19.4 Å². The molecule has 0 radical (unpaired) electrons. The number of amides is 1. The molecule has 3 aromatic carbocycles. The molecule has 1 aliphatic heterocycles. The first-order chi connectivity index (χ1) is 17.6. The first kappa shape index (κ1) is 22.1. The van der Waals surface area contributed by atoms with E-state index in [0.717, 1.165) is 56.7 Å². The molecule has 0 spiro atoms. The molecule has 36 heavy (non-hydrogen) atoms. The molecule has 3 heterocycles. The molecular formula is C28H27N7O. The van der Waals surface area contributed by atoms with E-state index < -0.39 is 0 Å². The molecular weight excluding hydrogens is 450 g/mol. The average Bonchev–Trinajstić information content (AvgIpc) is 3.55. The highest BCUT2D eigenvalue weighted by molar-refractivity contribution is 5.97. The topological polar surface area (TPSA) is 130 Å². The third-order valence-electron chi connectivity index (χ3n) is 6.98. The summed E-state index contributed by atoms with van der Waals surface area (Å²) in [5, 5.41) is 7.94. The Bertz CT molecular complexity index is 1550. The van der Waals surface area contributed by atoms with Gasteiger partial charge in [0.05, 0.1) is 23.4 Å². The van der Waals surface area contributed by atoms with Crippen LogP contribution in [0.25, 0.3) is 22.2 Å². The van der Waals surface area contributed by atoms with Crippen LogP contribution < -0.4 is 11.5 Å². The molecule has 0 saturated carbocycles. The van der Waals surface area contributed by atoms with Crippen molar-refractivity contribution in [3.63, 3.8) is 0 Å². The van der Waals surface area contributed by atoms with Crippen LogP contribution in [0.15, 0.2) is 72.9 Å². The number of hydrogen-bond donors (Lipinski definition) is 4. The van der Waals surface area contributed by atoms with E-state index in [-0.39, 0.29) is 11.9 Å². The van der Waals surface area contributed by atoms with Crippen LogP contribution in [0.4, 0.5) is 5.82 Å². The second-order valence-corrected chi connectivity index (χ2v) is 9.20. The number of hydrogen-bond acceptors (Lipinski definition) is 5. The lowest BCUT2D eigenvalue weighted by Gasteiger charge is -2.35.